The minimum absolute atomic E-state index is 0.132. The number of carbonyl (C=O) groups excluding carboxylic acids is 2. The fraction of sp³-hybridized carbons (Fsp3) is 0.812. The number of aliphatic carboxylic acids is 1. The van der Waals surface area contributed by atoms with E-state index in [4.69, 9.17) is 0 Å². The number of likely N-dealkylation sites (tertiary alicyclic amines) is 1. The van der Waals surface area contributed by atoms with E-state index in [2.05, 4.69) is 6.92 Å². The maximum absolute atomic E-state index is 12.6. The minimum Gasteiger partial charge on any atom is -0.479 e. The summed E-state index contributed by atoms with van der Waals surface area (Å²) in [6.07, 6.45) is 5.53. The third kappa shape index (κ3) is 2.09. The van der Waals surface area contributed by atoms with Gasteiger partial charge in [-0.1, -0.05) is 13.3 Å². The summed E-state index contributed by atoms with van der Waals surface area (Å²) in [5.41, 5.74) is -1.28. The van der Waals surface area contributed by atoms with E-state index in [-0.39, 0.29) is 23.7 Å². The van der Waals surface area contributed by atoms with Gasteiger partial charge in [0.25, 0.3) is 0 Å². The Morgan fingerprint density at radius 2 is 1.67 bits per heavy atom. The summed E-state index contributed by atoms with van der Waals surface area (Å²) in [6, 6.07) is 0. The lowest BCUT2D eigenvalue weighted by molar-refractivity contribution is -0.175. The number of carboxylic acids is 1. The van der Waals surface area contributed by atoms with Crippen LogP contribution >= 0.6 is 0 Å². The topological polar surface area (TPSA) is 74.7 Å². The van der Waals surface area contributed by atoms with Crippen molar-refractivity contribution in [1.82, 2.24) is 4.90 Å². The lowest BCUT2D eigenvalue weighted by Crippen LogP contribution is -2.64. The molecule has 0 aromatic carbocycles. The zero-order valence-corrected chi connectivity index (χ0v) is 12.5. The van der Waals surface area contributed by atoms with Gasteiger partial charge in [-0.15, -0.1) is 0 Å². The van der Waals surface area contributed by atoms with Crippen molar-refractivity contribution in [1.29, 1.82) is 0 Å². The van der Waals surface area contributed by atoms with Crippen LogP contribution in [0.3, 0.4) is 0 Å². The summed E-state index contributed by atoms with van der Waals surface area (Å²) in [4.78, 5) is 38.3. The second-order valence-electron chi connectivity index (χ2n) is 6.91. The van der Waals surface area contributed by atoms with Crippen LogP contribution in [0, 0.1) is 17.8 Å². The normalized spacial score (nSPS) is 39.7. The molecule has 1 saturated heterocycles. The van der Waals surface area contributed by atoms with E-state index in [9.17, 15) is 19.5 Å². The van der Waals surface area contributed by atoms with Gasteiger partial charge in [-0.05, 0) is 50.9 Å². The molecule has 0 aromatic rings. The predicted octanol–water partition coefficient (Wildman–Crippen LogP) is 2.20. The number of piperidine rings is 1. The van der Waals surface area contributed by atoms with Crippen molar-refractivity contribution in [3.05, 3.63) is 0 Å². The number of rotatable bonds is 3. The summed E-state index contributed by atoms with van der Waals surface area (Å²) in [7, 11) is 0. The van der Waals surface area contributed by atoms with Crippen molar-refractivity contribution in [2.45, 2.75) is 63.8 Å². The van der Waals surface area contributed by atoms with Crippen molar-refractivity contribution >= 4 is 17.8 Å². The highest BCUT2D eigenvalue weighted by molar-refractivity contribution is 6.05. The predicted molar refractivity (Wildman–Crippen MR) is 75.3 cm³/mol. The molecule has 3 rings (SSSR count). The molecule has 2 saturated carbocycles. The van der Waals surface area contributed by atoms with Gasteiger partial charge in [0.15, 0.2) is 0 Å². The molecule has 3 fully saturated rings. The first-order chi connectivity index (χ1) is 9.99. The van der Waals surface area contributed by atoms with Crippen LogP contribution in [0.1, 0.15) is 58.3 Å². The largest absolute Gasteiger partial charge is 0.479 e. The Bertz CT molecular complexity index is 457. The molecule has 1 heterocycles. The van der Waals surface area contributed by atoms with Crippen molar-refractivity contribution in [2.75, 3.05) is 0 Å². The molecule has 3 aliphatic rings. The number of amides is 2. The Balaban J connectivity index is 1.92. The number of hydrogen-bond donors (Lipinski definition) is 1. The lowest BCUT2D eigenvalue weighted by atomic mass is 9.73. The Labute approximate surface area is 124 Å². The highest BCUT2D eigenvalue weighted by Crippen LogP contribution is 2.45. The Morgan fingerprint density at radius 1 is 1.14 bits per heavy atom. The van der Waals surface area contributed by atoms with E-state index in [0.29, 0.717) is 25.2 Å². The first-order valence-electron chi connectivity index (χ1n) is 8.11. The van der Waals surface area contributed by atoms with Crippen LogP contribution in [-0.2, 0) is 14.4 Å². The molecule has 1 aliphatic heterocycles. The molecular formula is C16H23NO4. The molecule has 1 N–H and O–H groups in total. The first-order valence-corrected chi connectivity index (χ1v) is 8.11. The van der Waals surface area contributed by atoms with E-state index in [0.717, 1.165) is 32.1 Å². The van der Waals surface area contributed by atoms with E-state index >= 15 is 0 Å². The van der Waals surface area contributed by atoms with Crippen LogP contribution in [-0.4, -0.2) is 33.3 Å². The van der Waals surface area contributed by atoms with Gasteiger partial charge in [-0.2, -0.15) is 0 Å². The standard InChI is InChI=1S/C16H23NO4/c1-2-10-5-7-16(8-6-10,15(20)21)17-13(18)11-3-4-12(9-11)14(17)19/h10-12H,2-9H2,1H3,(H,20,21). The van der Waals surface area contributed by atoms with Crippen molar-refractivity contribution in [3.8, 4) is 0 Å². The number of hydrogen-bond acceptors (Lipinski definition) is 3. The van der Waals surface area contributed by atoms with Gasteiger partial charge < -0.3 is 5.11 Å². The highest BCUT2D eigenvalue weighted by Gasteiger charge is 2.57. The second kappa shape index (κ2) is 5.11. The molecule has 2 bridgehead atoms. The van der Waals surface area contributed by atoms with Gasteiger partial charge in [0, 0.05) is 11.8 Å². The van der Waals surface area contributed by atoms with Crippen molar-refractivity contribution in [3.63, 3.8) is 0 Å². The van der Waals surface area contributed by atoms with Crippen LogP contribution in [0.5, 0.6) is 0 Å². The molecule has 0 radical (unpaired) electrons. The van der Waals surface area contributed by atoms with Gasteiger partial charge in [-0.3, -0.25) is 14.5 Å². The summed E-state index contributed by atoms with van der Waals surface area (Å²) < 4.78 is 0. The molecule has 116 valence electrons. The molecule has 5 nitrogen and oxygen atoms in total. The molecule has 2 amide bonds. The van der Waals surface area contributed by atoms with Crippen LogP contribution in [0.15, 0.2) is 0 Å². The number of carboxylic acid groups (broad SMARTS) is 1. The third-order valence-corrected chi connectivity index (χ3v) is 5.91. The van der Waals surface area contributed by atoms with Crippen LogP contribution < -0.4 is 0 Å². The van der Waals surface area contributed by atoms with Gasteiger partial charge in [0.05, 0.1) is 0 Å². The summed E-state index contributed by atoms with van der Waals surface area (Å²) in [5, 5.41) is 9.78. The fourth-order valence-electron chi connectivity index (χ4n) is 4.42. The van der Waals surface area contributed by atoms with E-state index in [1.54, 1.807) is 0 Å². The smallest absolute Gasteiger partial charge is 0.330 e. The zero-order valence-electron chi connectivity index (χ0n) is 12.5. The maximum Gasteiger partial charge on any atom is 0.330 e. The molecule has 2 unspecified atom stereocenters. The molecule has 21 heavy (non-hydrogen) atoms. The number of fused-ring (bicyclic) bond motifs is 2. The van der Waals surface area contributed by atoms with Gasteiger partial charge in [0.2, 0.25) is 11.8 Å². The monoisotopic (exact) mass is 293 g/mol. The quantitative estimate of drug-likeness (QED) is 0.809. The van der Waals surface area contributed by atoms with E-state index in [1.807, 2.05) is 0 Å². The SMILES string of the molecule is CCC1CCC(C(=O)O)(N2C(=O)C3CCC(C3)C2=O)CC1. The second-order valence-corrected chi connectivity index (χ2v) is 6.91. The molecule has 2 aliphatic carbocycles. The number of nitrogens with zero attached hydrogens (tertiary/aromatic N) is 1. The van der Waals surface area contributed by atoms with Crippen molar-refractivity contribution in [2.24, 2.45) is 17.8 Å². The highest BCUT2D eigenvalue weighted by atomic mass is 16.4. The first kappa shape index (κ1) is 14.5. The van der Waals surface area contributed by atoms with E-state index in [1.165, 1.54) is 4.90 Å². The Morgan fingerprint density at radius 3 is 2.10 bits per heavy atom. The average molecular weight is 293 g/mol. The maximum atomic E-state index is 12.6. The summed E-state index contributed by atoms with van der Waals surface area (Å²) in [6.45, 7) is 2.11. The van der Waals surface area contributed by atoms with Crippen molar-refractivity contribution < 1.29 is 19.5 Å². The van der Waals surface area contributed by atoms with Gasteiger partial charge in [0.1, 0.15) is 5.54 Å². The lowest BCUT2D eigenvalue weighted by Gasteiger charge is -2.46. The zero-order chi connectivity index (χ0) is 15.2. The van der Waals surface area contributed by atoms with Gasteiger partial charge in [-0.25, -0.2) is 4.79 Å². The summed E-state index contributed by atoms with van der Waals surface area (Å²) in [5.74, 6) is -1.21. The van der Waals surface area contributed by atoms with Crippen LogP contribution in [0.4, 0.5) is 0 Å². The third-order valence-electron chi connectivity index (χ3n) is 5.91. The van der Waals surface area contributed by atoms with Crippen LogP contribution in [0.2, 0.25) is 0 Å². The Hall–Kier alpha value is -1.39. The Kier molecular flexibility index (Phi) is 3.54. The minimum atomic E-state index is -1.28. The summed E-state index contributed by atoms with van der Waals surface area (Å²) >= 11 is 0. The fourth-order valence-corrected chi connectivity index (χ4v) is 4.42. The number of imide groups is 1. The average Bonchev–Trinajstić information content (AvgIpc) is 2.93. The van der Waals surface area contributed by atoms with E-state index < -0.39 is 11.5 Å². The van der Waals surface area contributed by atoms with Crippen LogP contribution in [0.25, 0.3) is 0 Å². The molecule has 5 heteroatoms. The molecule has 2 atom stereocenters. The number of carbonyl (C=O) groups is 3. The van der Waals surface area contributed by atoms with Gasteiger partial charge >= 0.3 is 5.97 Å². The molecule has 0 spiro atoms. The molecule has 0 aromatic heterocycles. The molecular weight excluding hydrogens is 270 g/mol.